The number of hydrogen-bond donors (Lipinski definition) is 1. The summed E-state index contributed by atoms with van der Waals surface area (Å²) in [6.45, 7) is 0. The lowest BCUT2D eigenvalue weighted by atomic mass is 10.1. The maximum atomic E-state index is 12.6. The predicted molar refractivity (Wildman–Crippen MR) is 89.6 cm³/mol. The molecule has 0 saturated carbocycles. The number of carbonyl (C=O) groups excluding carboxylic acids is 2. The van der Waals surface area contributed by atoms with Gasteiger partial charge in [-0.15, -0.1) is 0 Å². The van der Waals surface area contributed by atoms with Crippen LogP contribution in [0.2, 0.25) is 0 Å². The molecule has 0 radical (unpaired) electrons. The molecular weight excluding hydrogens is 308 g/mol. The van der Waals surface area contributed by atoms with Crippen molar-refractivity contribution >= 4 is 23.6 Å². The highest BCUT2D eigenvalue weighted by Gasteiger charge is 2.34. The fourth-order valence-electron chi connectivity index (χ4n) is 2.42. The summed E-state index contributed by atoms with van der Waals surface area (Å²) in [6, 6.07) is 14.1. The Morgan fingerprint density at radius 1 is 1.00 bits per heavy atom. The molecule has 6 nitrogen and oxygen atoms in total. The maximum Gasteiger partial charge on any atom is 0.282 e. The van der Waals surface area contributed by atoms with Crippen molar-refractivity contribution in [3.8, 4) is 11.5 Å². The van der Waals surface area contributed by atoms with Gasteiger partial charge in [0, 0.05) is 5.56 Å². The Balaban J connectivity index is 1.99. The summed E-state index contributed by atoms with van der Waals surface area (Å²) < 4.78 is 10.5. The summed E-state index contributed by atoms with van der Waals surface area (Å²) >= 11 is 0. The van der Waals surface area contributed by atoms with E-state index < -0.39 is 11.8 Å². The molecule has 0 unspecified atom stereocenters. The third-order valence-corrected chi connectivity index (χ3v) is 3.64. The summed E-state index contributed by atoms with van der Waals surface area (Å²) in [4.78, 5) is 24.8. The number of para-hydroxylation sites is 1. The molecule has 6 heteroatoms. The van der Waals surface area contributed by atoms with E-state index in [1.54, 1.807) is 49.6 Å². The highest BCUT2D eigenvalue weighted by atomic mass is 16.5. The van der Waals surface area contributed by atoms with Crippen LogP contribution in [-0.2, 0) is 9.59 Å². The smallest absolute Gasteiger partial charge is 0.282 e. The van der Waals surface area contributed by atoms with Crippen molar-refractivity contribution in [2.75, 3.05) is 19.2 Å². The van der Waals surface area contributed by atoms with Crippen LogP contribution in [0, 0.1) is 0 Å². The first-order valence-corrected chi connectivity index (χ1v) is 7.28. The van der Waals surface area contributed by atoms with E-state index in [1.165, 1.54) is 18.2 Å². The molecule has 1 aliphatic rings. The van der Waals surface area contributed by atoms with E-state index in [1.807, 2.05) is 6.07 Å². The second-order valence-electron chi connectivity index (χ2n) is 5.08. The third-order valence-electron chi connectivity index (χ3n) is 3.64. The monoisotopic (exact) mass is 324 g/mol. The minimum atomic E-state index is -0.464. The molecule has 0 aliphatic carbocycles. The molecule has 122 valence electrons. The van der Waals surface area contributed by atoms with Gasteiger partial charge in [0.05, 0.1) is 19.9 Å². The van der Waals surface area contributed by atoms with E-state index in [0.29, 0.717) is 22.7 Å². The SMILES string of the molecule is COc1ccc(OC)c(C=C2C(=O)NN(c3ccccc3)C2=O)c1. The molecule has 1 saturated heterocycles. The molecule has 2 amide bonds. The van der Waals surface area contributed by atoms with Crippen molar-refractivity contribution in [3.63, 3.8) is 0 Å². The minimum absolute atomic E-state index is 0.0328. The maximum absolute atomic E-state index is 12.6. The van der Waals surface area contributed by atoms with Crippen LogP contribution >= 0.6 is 0 Å². The Hall–Kier alpha value is -3.28. The molecule has 0 bridgehead atoms. The van der Waals surface area contributed by atoms with Crippen LogP contribution in [0.15, 0.2) is 54.1 Å². The van der Waals surface area contributed by atoms with Gasteiger partial charge in [-0.1, -0.05) is 18.2 Å². The lowest BCUT2D eigenvalue weighted by molar-refractivity contribution is -0.117. The molecule has 2 aromatic carbocycles. The quantitative estimate of drug-likeness (QED) is 0.691. The van der Waals surface area contributed by atoms with E-state index in [9.17, 15) is 9.59 Å². The molecule has 1 fully saturated rings. The molecule has 3 rings (SSSR count). The van der Waals surface area contributed by atoms with Crippen molar-refractivity contribution in [1.29, 1.82) is 0 Å². The number of amides is 2. The number of methoxy groups -OCH3 is 2. The zero-order valence-electron chi connectivity index (χ0n) is 13.3. The van der Waals surface area contributed by atoms with Crippen LogP contribution in [0.3, 0.4) is 0 Å². The minimum Gasteiger partial charge on any atom is -0.497 e. The zero-order valence-corrected chi connectivity index (χ0v) is 13.3. The van der Waals surface area contributed by atoms with Gasteiger partial charge in [0.15, 0.2) is 0 Å². The first-order valence-electron chi connectivity index (χ1n) is 7.28. The topological polar surface area (TPSA) is 67.9 Å². The van der Waals surface area contributed by atoms with Gasteiger partial charge in [-0.25, -0.2) is 5.01 Å². The molecule has 1 heterocycles. The second kappa shape index (κ2) is 6.45. The number of benzene rings is 2. The summed E-state index contributed by atoms with van der Waals surface area (Å²) in [5, 5.41) is 1.22. The molecule has 1 aliphatic heterocycles. The van der Waals surface area contributed by atoms with Gasteiger partial charge in [0.1, 0.15) is 17.1 Å². The van der Waals surface area contributed by atoms with Gasteiger partial charge in [0.25, 0.3) is 11.8 Å². The Morgan fingerprint density at radius 3 is 2.42 bits per heavy atom. The van der Waals surface area contributed by atoms with Gasteiger partial charge in [-0.2, -0.15) is 0 Å². The molecule has 0 spiro atoms. The first kappa shape index (κ1) is 15.6. The molecule has 1 N–H and O–H groups in total. The largest absolute Gasteiger partial charge is 0.497 e. The van der Waals surface area contributed by atoms with Crippen LogP contribution in [0.1, 0.15) is 5.56 Å². The van der Waals surface area contributed by atoms with Crippen LogP contribution < -0.4 is 19.9 Å². The second-order valence-corrected chi connectivity index (χ2v) is 5.08. The van der Waals surface area contributed by atoms with Crippen LogP contribution in [0.4, 0.5) is 5.69 Å². The zero-order chi connectivity index (χ0) is 17.1. The lowest BCUT2D eigenvalue weighted by Gasteiger charge is -2.13. The predicted octanol–water partition coefficient (Wildman–Crippen LogP) is 2.17. The number of hydrazine groups is 1. The van der Waals surface area contributed by atoms with E-state index in [-0.39, 0.29) is 5.57 Å². The first-order chi connectivity index (χ1) is 11.6. The van der Waals surface area contributed by atoms with Gasteiger partial charge < -0.3 is 9.47 Å². The van der Waals surface area contributed by atoms with E-state index in [0.717, 1.165) is 0 Å². The van der Waals surface area contributed by atoms with Crippen molar-refractivity contribution in [2.45, 2.75) is 0 Å². The van der Waals surface area contributed by atoms with E-state index in [4.69, 9.17) is 9.47 Å². The number of nitrogens with one attached hydrogen (secondary N) is 1. The highest BCUT2D eigenvalue weighted by molar-refractivity contribution is 6.31. The van der Waals surface area contributed by atoms with Gasteiger partial charge >= 0.3 is 0 Å². The van der Waals surface area contributed by atoms with Crippen molar-refractivity contribution in [1.82, 2.24) is 5.43 Å². The average molecular weight is 324 g/mol. The average Bonchev–Trinajstić information content (AvgIpc) is 2.90. The van der Waals surface area contributed by atoms with Crippen molar-refractivity contribution in [2.24, 2.45) is 0 Å². The summed E-state index contributed by atoms with van der Waals surface area (Å²) in [6.07, 6.45) is 1.50. The molecule has 2 aromatic rings. The Morgan fingerprint density at radius 2 is 1.75 bits per heavy atom. The number of nitrogens with zero attached hydrogens (tertiary/aromatic N) is 1. The van der Waals surface area contributed by atoms with Gasteiger partial charge in [-0.3, -0.25) is 15.0 Å². The lowest BCUT2D eigenvalue weighted by Crippen LogP contribution is -2.35. The summed E-state index contributed by atoms with van der Waals surface area (Å²) in [5.74, 6) is 0.264. The highest BCUT2D eigenvalue weighted by Crippen LogP contribution is 2.28. The summed E-state index contributed by atoms with van der Waals surface area (Å²) in [5.41, 5.74) is 3.78. The summed E-state index contributed by atoms with van der Waals surface area (Å²) in [7, 11) is 3.07. The molecule has 0 aromatic heterocycles. The number of anilines is 1. The molecular formula is C18H16N2O4. The fraction of sp³-hybridized carbons (Fsp3) is 0.111. The fourth-order valence-corrected chi connectivity index (χ4v) is 2.42. The molecule has 0 atom stereocenters. The van der Waals surface area contributed by atoms with Crippen LogP contribution in [-0.4, -0.2) is 26.0 Å². The Bertz CT molecular complexity index is 815. The Labute approximate surface area is 139 Å². The van der Waals surface area contributed by atoms with Crippen LogP contribution in [0.5, 0.6) is 11.5 Å². The van der Waals surface area contributed by atoms with Gasteiger partial charge in [0.2, 0.25) is 0 Å². The van der Waals surface area contributed by atoms with Crippen molar-refractivity contribution in [3.05, 3.63) is 59.7 Å². The number of hydrogen-bond acceptors (Lipinski definition) is 4. The van der Waals surface area contributed by atoms with Gasteiger partial charge in [-0.05, 0) is 36.4 Å². The molecule has 24 heavy (non-hydrogen) atoms. The Kier molecular flexibility index (Phi) is 4.20. The van der Waals surface area contributed by atoms with Crippen LogP contribution in [0.25, 0.3) is 6.08 Å². The van der Waals surface area contributed by atoms with Crippen molar-refractivity contribution < 1.29 is 19.1 Å². The number of rotatable bonds is 4. The number of ether oxygens (including phenoxy) is 2. The van der Waals surface area contributed by atoms with E-state index in [2.05, 4.69) is 5.43 Å². The standard InChI is InChI=1S/C18H16N2O4/c1-23-14-8-9-16(24-2)12(10-14)11-15-17(21)19-20(18(15)22)13-6-4-3-5-7-13/h3-11H,1-2H3,(H,19,21). The normalized spacial score (nSPS) is 15.6. The third kappa shape index (κ3) is 2.81. The number of carbonyl (C=O) groups is 2. The van der Waals surface area contributed by atoms with E-state index >= 15 is 0 Å².